The van der Waals surface area contributed by atoms with Crippen LogP contribution in [0.3, 0.4) is 0 Å². The number of alkyl halides is 6. The maximum atomic E-state index is 11.8. The Kier molecular flexibility index (Phi) is 3.60. The van der Waals surface area contributed by atoms with E-state index >= 15 is 0 Å². The van der Waals surface area contributed by atoms with Crippen LogP contribution in [0, 0.1) is 0 Å². The van der Waals surface area contributed by atoms with E-state index in [0.717, 1.165) is 5.32 Å². The zero-order chi connectivity index (χ0) is 11.6. The van der Waals surface area contributed by atoms with Crippen molar-refractivity contribution in [2.24, 2.45) is 5.73 Å². The molecule has 84 valence electrons. The van der Waals surface area contributed by atoms with Gasteiger partial charge in [0.25, 0.3) is 0 Å². The van der Waals surface area contributed by atoms with Crippen LogP contribution in [0.2, 0.25) is 0 Å². The number of urea groups is 1. The predicted octanol–water partition coefficient (Wildman–Crippen LogP) is 1.54. The summed E-state index contributed by atoms with van der Waals surface area (Å²) in [6.45, 7) is 0. The van der Waals surface area contributed by atoms with E-state index in [9.17, 15) is 31.1 Å². The van der Waals surface area contributed by atoms with Crippen molar-refractivity contribution >= 4 is 6.03 Å². The number of amides is 2. The molecule has 1 atom stereocenters. The van der Waals surface area contributed by atoms with E-state index < -0.39 is 30.8 Å². The summed E-state index contributed by atoms with van der Waals surface area (Å²) < 4.78 is 70.3. The highest BCUT2D eigenvalue weighted by atomic mass is 19.4. The summed E-state index contributed by atoms with van der Waals surface area (Å²) >= 11 is 0. The lowest BCUT2D eigenvalue weighted by atomic mass is 10.2. The molecule has 0 spiro atoms. The molecule has 0 saturated heterocycles. The van der Waals surface area contributed by atoms with E-state index in [1.54, 1.807) is 0 Å². The van der Waals surface area contributed by atoms with Crippen LogP contribution in [-0.2, 0) is 0 Å². The first-order valence-electron chi connectivity index (χ1n) is 3.22. The lowest BCUT2D eigenvalue weighted by Gasteiger charge is -2.21. The second kappa shape index (κ2) is 3.93. The van der Waals surface area contributed by atoms with Crippen LogP contribution < -0.4 is 11.1 Å². The molecule has 3 nitrogen and oxygen atoms in total. The zero-order valence-corrected chi connectivity index (χ0v) is 6.54. The van der Waals surface area contributed by atoms with Gasteiger partial charge in [0.15, 0.2) is 0 Å². The van der Waals surface area contributed by atoms with E-state index in [1.165, 1.54) is 0 Å². The summed E-state index contributed by atoms with van der Waals surface area (Å²) in [7, 11) is 0. The molecule has 9 heteroatoms. The Balaban J connectivity index is 4.50. The van der Waals surface area contributed by atoms with E-state index in [4.69, 9.17) is 0 Å². The van der Waals surface area contributed by atoms with Gasteiger partial charge in [-0.3, -0.25) is 0 Å². The molecule has 0 unspecified atom stereocenters. The van der Waals surface area contributed by atoms with Gasteiger partial charge in [-0.15, -0.1) is 0 Å². The second-order valence-electron chi connectivity index (χ2n) is 2.42. The minimum atomic E-state index is -5.18. The highest BCUT2D eigenvalue weighted by Crippen LogP contribution is 2.30. The van der Waals surface area contributed by atoms with Crippen LogP contribution in [-0.4, -0.2) is 24.4 Å². The summed E-state index contributed by atoms with van der Waals surface area (Å²) in [5.74, 6) is 0. The Morgan fingerprint density at radius 3 is 1.86 bits per heavy atom. The third kappa shape index (κ3) is 5.49. The van der Waals surface area contributed by atoms with Gasteiger partial charge in [-0.1, -0.05) is 0 Å². The SMILES string of the molecule is NC(=O)N[C@H](CC(F)(F)F)C(F)(F)F. The molecule has 0 aliphatic carbocycles. The van der Waals surface area contributed by atoms with Crippen molar-refractivity contribution in [2.45, 2.75) is 24.8 Å². The minimum Gasteiger partial charge on any atom is -0.352 e. The molecular formula is C5H6F6N2O. The number of hydrogen-bond donors (Lipinski definition) is 2. The topological polar surface area (TPSA) is 55.1 Å². The van der Waals surface area contributed by atoms with Crippen molar-refractivity contribution in [1.82, 2.24) is 5.32 Å². The van der Waals surface area contributed by atoms with E-state index in [2.05, 4.69) is 5.73 Å². The first-order valence-corrected chi connectivity index (χ1v) is 3.22. The van der Waals surface area contributed by atoms with Crippen molar-refractivity contribution in [3.63, 3.8) is 0 Å². The summed E-state index contributed by atoms with van der Waals surface area (Å²) in [6.07, 6.45) is -12.4. The Labute approximate surface area is 74.2 Å². The number of carbonyl (C=O) groups excluding carboxylic acids is 1. The van der Waals surface area contributed by atoms with Crippen molar-refractivity contribution in [3.8, 4) is 0 Å². The van der Waals surface area contributed by atoms with Crippen molar-refractivity contribution < 1.29 is 31.1 Å². The molecular weight excluding hydrogens is 218 g/mol. The van der Waals surface area contributed by atoms with Crippen LogP contribution in [0.5, 0.6) is 0 Å². The molecule has 0 saturated carbocycles. The molecule has 0 aliphatic rings. The van der Waals surface area contributed by atoms with Gasteiger partial charge in [-0.25, -0.2) is 4.79 Å². The average Bonchev–Trinajstić information content (AvgIpc) is 1.78. The van der Waals surface area contributed by atoms with Gasteiger partial charge in [-0.2, -0.15) is 26.3 Å². The van der Waals surface area contributed by atoms with Crippen LogP contribution in [0.4, 0.5) is 31.1 Å². The Hall–Kier alpha value is -1.15. The number of nitrogens with one attached hydrogen (secondary N) is 1. The van der Waals surface area contributed by atoms with Crippen LogP contribution in [0.15, 0.2) is 0 Å². The van der Waals surface area contributed by atoms with Crippen molar-refractivity contribution in [1.29, 1.82) is 0 Å². The third-order valence-electron chi connectivity index (χ3n) is 1.15. The second-order valence-corrected chi connectivity index (χ2v) is 2.42. The lowest BCUT2D eigenvalue weighted by Crippen LogP contribution is -2.49. The number of halogens is 6. The van der Waals surface area contributed by atoms with Crippen LogP contribution in [0.1, 0.15) is 6.42 Å². The zero-order valence-electron chi connectivity index (χ0n) is 6.54. The first-order chi connectivity index (χ1) is 6.02. The Bertz CT molecular complexity index is 209. The maximum absolute atomic E-state index is 11.8. The largest absolute Gasteiger partial charge is 0.409 e. The molecule has 0 aromatic carbocycles. The number of carbonyl (C=O) groups is 1. The molecule has 2 amide bonds. The van der Waals surface area contributed by atoms with Gasteiger partial charge in [0.2, 0.25) is 0 Å². The monoisotopic (exact) mass is 224 g/mol. The van der Waals surface area contributed by atoms with Gasteiger partial charge in [0, 0.05) is 0 Å². The van der Waals surface area contributed by atoms with E-state index in [0.29, 0.717) is 0 Å². The molecule has 0 aromatic heterocycles. The molecule has 0 aliphatic heterocycles. The molecule has 0 heterocycles. The summed E-state index contributed by atoms with van der Waals surface area (Å²) in [5, 5.41) is 0.970. The van der Waals surface area contributed by atoms with Crippen LogP contribution >= 0.6 is 0 Å². The lowest BCUT2D eigenvalue weighted by molar-refractivity contribution is -0.198. The standard InChI is InChI=1S/C5H6F6N2O/c6-4(7,8)1-2(5(9,10)11)13-3(12)14/h2H,1H2,(H3,12,13,14)/t2-/m1/s1. The first kappa shape index (κ1) is 12.8. The van der Waals surface area contributed by atoms with Crippen molar-refractivity contribution in [3.05, 3.63) is 0 Å². The third-order valence-corrected chi connectivity index (χ3v) is 1.15. The van der Waals surface area contributed by atoms with E-state index in [1.807, 2.05) is 0 Å². The van der Waals surface area contributed by atoms with E-state index in [-0.39, 0.29) is 0 Å². The summed E-state index contributed by atoms with van der Waals surface area (Å²) in [4.78, 5) is 9.99. The summed E-state index contributed by atoms with van der Waals surface area (Å²) in [5.41, 5.74) is 4.29. The number of primary amides is 1. The smallest absolute Gasteiger partial charge is 0.352 e. The molecule has 3 N–H and O–H groups in total. The van der Waals surface area contributed by atoms with Gasteiger partial charge in [0.1, 0.15) is 6.04 Å². The molecule has 0 radical (unpaired) electrons. The minimum absolute atomic E-state index is 0.970. The molecule has 0 bridgehead atoms. The fraction of sp³-hybridized carbons (Fsp3) is 0.800. The van der Waals surface area contributed by atoms with Gasteiger partial charge < -0.3 is 11.1 Å². The Morgan fingerprint density at radius 1 is 1.21 bits per heavy atom. The predicted molar refractivity (Wildman–Crippen MR) is 33.2 cm³/mol. The number of rotatable bonds is 2. The fourth-order valence-corrected chi connectivity index (χ4v) is 0.652. The Morgan fingerprint density at radius 2 is 1.64 bits per heavy atom. The molecule has 0 aromatic rings. The molecule has 0 rings (SSSR count). The van der Waals surface area contributed by atoms with Gasteiger partial charge >= 0.3 is 18.4 Å². The highest BCUT2D eigenvalue weighted by Gasteiger charge is 2.47. The highest BCUT2D eigenvalue weighted by molar-refractivity contribution is 5.72. The van der Waals surface area contributed by atoms with Crippen LogP contribution in [0.25, 0.3) is 0 Å². The summed E-state index contributed by atoms with van der Waals surface area (Å²) in [6, 6.07) is -4.66. The maximum Gasteiger partial charge on any atom is 0.409 e. The molecule has 14 heavy (non-hydrogen) atoms. The van der Waals surface area contributed by atoms with Crippen molar-refractivity contribution in [2.75, 3.05) is 0 Å². The normalized spacial score (nSPS) is 15.0. The number of nitrogens with two attached hydrogens (primary N) is 1. The molecule has 0 fully saturated rings. The quantitative estimate of drug-likeness (QED) is 0.686. The average molecular weight is 224 g/mol. The fourth-order valence-electron chi connectivity index (χ4n) is 0.652. The number of hydrogen-bond acceptors (Lipinski definition) is 1. The van der Waals surface area contributed by atoms with Gasteiger partial charge in [0.05, 0.1) is 6.42 Å². The van der Waals surface area contributed by atoms with Gasteiger partial charge in [-0.05, 0) is 0 Å².